The third kappa shape index (κ3) is 5.16. The molecule has 0 spiro atoms. The summed E-state index contributed by atoms with van der Waals surface area (Å²) in [6.07, 6.45) is 3.46. The molecule has 200 valence electrons. The summed E-state index contributed by atoms with van der Waals surface area (Å²) < 4.78 is 17.3. The number of likely N-dealkylation sites (tertiary alicyclic amines) is 1. The van der Waals surface area contributed by atoms with Crippen LogP contribution in [0.4, 0.5) is 10.3 Å². The molecule has 2 atom stereocenters. The summed E-state index contributed by atoms with van der Waals surface area (Å²) in [6, 6.07) is 20.7. The number of fused-ring (bicyclic) bond motifs is 2. The van der Waals surface area contributed by atoms with Gasteiger partial charge in [-0.15, -0.1) is 0 Å². The smallest absolute Gasteiger partial charge is 0.261 e. The maximum absolute atomic E-state index is 13.5. The number of nitrogens with zero attached hydrogens (tertiary/aromatic N) is 5. The molecule has 5 aromatic rings. The second-order valence-electron chi connectivity index (χ2n) is 10.6. The second kappa shape index (κ2) is 10.6. The summed E-state index contributed by atoms with van der Waals surface area (Å²) in [5.41, 5.74) is 5.35. The number of piperidine rings is 1. The Hall–Kier alpha value is -4.04. The van der Waals surface area contributed by atoms with Gasteiger partial charge in [-0.25, -0.2) is 14.4 Å². The highest BCUT2D eigenvalue weighted by atomic mass is 19.1. The lowest BCUT2D eigenvalue weighted by Gasteiger charge is -2.37. The first kappa shape index (κ1) is 25.2. The molecular weight excluding hydrogens is 491 g/mol. The van der Waals surface area contributed by atoms with Gasteiger partial charge in [0.2, 0.25) is 5.95 Å². The molecule has 2 aromatic carbocycles. The first-order valence-corrected chi connectivity index (χ1v) is 13.6. The number of nitrogens with one attached hydrogen (secondary N) is 1. The van der Waals surface area contributed by atoms with Crippen LogP contribution in [0, 0.1) is 18.7 Å². The molecular formula is C31H33FN6O. The molecule has 1 aliphatic heterocycles. The van der Waals surface area contributed by atoms with Crippen LogP contribution in [0.5, 0.6) is 0 Å². The summed E-state index contributed by atoms with van der Waals surface area (Å²) in [7, 11) is 0. The number of hydrogen-bond acceptors (Lipinski definition) is 5. The Kier molecular flexibility index (Phi) is 6.87. The highest BCUT2D eigenvalue weighted by Gasteiger charge is 2.27. The lowest BCUT2D eigenvalue weighted by Crippen LogP contribution is -2.46. The number of imidazole rings is 1. The number of rotatable bonds is 7. The van der Waals surface area contributed by atoms with Gasteiger partial charge < -0.3 is 14.8 Å². The first-order valence-electron chi connectivity index (χ1n) is 13.6. The Morgan fingerprint density at radius 3 is 2.64 bits per heavy atom. The van der Waals surface area contributed by atoms with Gasteiger partial charge in [0, 0.05) is 43.1 Å². The van der Waals surface area contributed by atoms with Gasteiger partial charge >= 0.3 is 0 Å². The molecule has 0 saturated carbocycles. The van der Waals surface area contributed by atoms with Crippen molar-refractivity contribution in [2.45, 2.75) is 39.3 Å². The number of pyridine rings is 1. The highest BCUT2D eigenvalue weighted by molar-refractivity contribution is 5.78. The number of para-hydroxylation sites is 2. The van der Waals surface area contributed by atoms with Gasteiger partial charge in [0.15, 0.2) is 0 Å². The molecule has 0 unspecified atom stereocenters. The zero-order chi connectivity index (χ0) is 26.9. The van der Waals surface area contributed by atoms with Crippen LogP contribution in [0.1, 0.15) is 30.2 Å². The van der Waals surface area contributed by atoms with Crippen molar-refractivity contribution in [2.75, 3.05) is 25.0 Å². The number of halogens is 1. The molecule has 1 fully saturated rings. The third-order valence-electron chi connectivity index (χ3n) is 7.92. The van der Waals surface area contributed by atoms with Crippen LogP contribution in [0.15, 0.2) is 77.7 Å². The standard InChI is InChI=1S/C31H33FN6O/c1-21-19-36(17-14-25-22(2)33-29-9-5-6-16-37(29)30(25)39)18-15-26(21)34-31-35-27-7-3-4-8-28(27)38(31)20-23-10-12-24(32)13-11-23/h3-13,16,21,26H,14-15,17-20H2,1-2H3,(H,34,35)/t21-,26+/m0/s1. The Morgan fingerprint density at radius 1 is 1.03 bits per heavy atom. The molecule has 0 radical (unpaired) electrons. The van der Waals surface area contributed by atoms with Gasteiger partial charge in [0.05, 0.1) is 17.6 Å². The lowest BCUT2D eigenvalue weighted by molar-refractivity contribution is 0.173. The van der Waals surface area contributed by atoms with Crippen molar-refractivity contribution in [1.29, 1.82) is 0 Å². The average Bonchev–Trinajstić information content (AvgIpc) is 3.28. The minimum atomic E-state index is -0.231. The average molecular weight is 525 g/mol. The summed E-state index contributed by atoms with van der Waals surface area (Å²) in [4.78, 5) is 25.1. The van der Waals surface area contributed by atoms with Crippen molar-refractivity contribution >= 4 is 22.6 Å². The number of hydrogen-bond donors (Lipinski definition) is 1. The van der Waals surface area contributed by atoms with Crippen LogP contribution in [0.25, 0.3) is 16.7 Å². The van der Waals surface area contributed by atoms with Crippen molar-refractivity contribution in [1.82, 2.24) is 23.8 Å². The van der Waals surface area contributed by atoms with Crippen molar-refractivity contribution < 1.29 is 4.39 Å². The Labute approximate surface area is 226 Å². The topological polar surface area (TPSA) is 67.5 Å². The van der Waals surface area contributed by atoms with E-state index in [2.05, 4.69) is 32.8 Å². The van der Waals surface area contributed by atoms with E-state index in [-0.39, 0.29) is 17.4 Å². The van der Waals surface area contributed by atoms with Gasteiger partial charge in [-0.1, -0.05) is 37.3 Å². The first-order chi connectivity index (χ1) is 19.0. The van der Waals surface area contributed by atoms with E-state index in [0.29, 0.717) is 24.5 Å². The lowest BCUT2D eigenvalue weighted by atomic mass is 9.93. The monoisotopic (exact) mass is 524 g/mol. The molecule has 1 aliphatic rings. The minimum Gasteiger partial charge on any atom is -0.353 e. The van der Waals surface area contributed by atoms with E-state index in [1.807, 2.05) is 55.5 Å². The summed E-state index contributed by atoms with van der Waals surface area (Å²) in [5, 5.41) is 3.74. The molecule has 0 amide bonds. The van der Waals surface area contributed by atoms with Crippen molar-refractivity contribution in [3.8, 4) is 0 Å². The Bertz CT molecular complexity index is 1670. The molecule has 8 heteroatoms. The zero-order valence-electron chi connectivity index (χ0n) is 22.3. The van der Waals surface area contributed by atoms with Crippen LogP contribution in [-0.2, 0) is 13.0 Å². The maximum atomic E-state index is 13.5. The van der Waals surface area contributed by atoms with Gasteiger partial charge in [-0.3, -0.25) is 9.20 Å². The van der Waals surface area contributed by atoms with Crippen LogP contribution in [-0.4, -0.2) is 49.5 Å². The number of benzene rings is 2. The predicted octanol–water partition coefficient (Wildman–Crippen LogP) is 4.91. The molecule has 4 heterocycles. The molecule has 1 saturated heterocycles. The van der Waals surface area contributed by atoms with E-state index in [1.165, 1.54) is 12.1 Å². The van der Waals surface area contributed by atoms with Crippen LogP contribution in [0.2, 0.25) is 0 Å². The zero-order valence-corrected chi connectivity index (χ0v) is 22.3. The fraction of sp³-hybridized carbons (Fsp3) is 0.323. The van der Waals surface area contributed by atoms with Crippen molar-refractivity contribution in [2.24, 2.45) is 5.92 Å². The Morgan fingerprint density at radius 2 is 1.82 bits per heavy atom. The fourth-order valence-electron chi connectivity index (χ4n) is 5.73. The SMILES string of the molecule is Cc1nc2ccccn2c(=O)c1CCN1CC[C@@H](Nc2nc3ccccc3n2Cc2ccc(F)cc2)[C@@H](C)C1. The van der Waals surface area contributed by atoms with Gasteiger partial charge in [0.25, 0.3) is 5.56 Å². The van der Waals surface area contributed by atoms with Gasteiger partial charge in [-0.2, -0.15) is 0 Å². The number of aromatic nitrogens is 4. The van der Waals surface area contributed by atoms with Crippen LogP contribution in [0.3, 0.4) is 0 Å². The van der Waals surface area contributed by atoms with Crippen molar-refractivity contribution in [3.63, 3.8) is 0 Å². The molecule has 3 aromatic heterocycles. The molecule has 0 bridgehead atoms. The van der Waals surface area contributed by atoms with E-state index in [1.54, 1.807) is 10.6 Å². The van der Waals surface area contributed by atoms with E-state index < -0.39 is 0 Å². The highest BCUT2D eigenvalue weighted by Crippen LogP contribution is 2.26. The molecule has 39 heavy (non-hydrogen) atoms. The summed E-state index contributed by atoms with van der Waals surface area (Å²) >= 11 is 0. The molecule has 0 aliphatic carbocycles. The normalized spacial score (nSPS) is 18.1. The van der Waals surface area contributed by atoms with Gasteiger partial charge in [-0.05, 0) is 67.6 Å². The maximum Gasteiger partial charge on any atom is 0.261 e. The van der Waals surface area contributed by atoms with E-state index in [4.69, 9.17) is 4.98 Å². The summed E-state index contributed by atoms with van der Waals surface area (Å²) in [6.45, 7) is 7.54. The Balaban J connectivity index is 1.14. The minimum absolute atomic E-state index is 0.0303. The fourth-order valence-corrected chi connectivity index (χ4v) is 5.73. The largest absolute Gasteiger partial charge is 0.353 e. The number of anilines is 1. The quantitative estimate of drug-likeness (QED) is 0.328. The van der Waals surface area contributed by atoms with E-state index in [0.717, 1.165) is 59.9 Å². The van der Waals surface area contributed by atoms with Crippen LogP contribution >= 0.6 is 0 Å². The molecule has 1 N–H and O–H groups in total. The van der Waals surface area contributed by atoms with E-state index in [9.17, 15) is 9.18 Å². The van der Waals surface area contributed by atoms with E-state index >= 15 is 0 Å². The number of aryl methyl sites for hydroxylation is 1. The summed E-state index contributed by atoms with van der Waals surface area (Å²) in [5.74, 6) is 1.01. The molecule has 7 nitrogen and oxygen atoms in total. The predicted molar refractivity (Wildman–Crippen MR) is 153 cm³/mol. The second-order valence-corrected chi connectivity index (χ2v) is 10.6. The molecule has 6 rings (SSSR count). The van der Waals surface area contributed by atoms with Gasteiger partial charge in [0.1, 0.15) is 11.5 Å². The van der Waals surface area contributed by atoms with Crippen molar-refractivity contribution in [3.05, 3.63) is 106 Å². The third-order valence-corrected chi connectivity index (χ3v) is 7.92. The van der Waals surface area contributed by atoms with Crippen LogP contribution < -0.4 is 10.9 Å².